The van der Waals surface area contributed by atoms with E-state index in [0.29, 0.717) is 10.9 Å². The van der Waals surface area contributed by atoms with Crippen molar-refractivity contribution in [2.45, 2.75) is 38.1 Å². The number of benzene rings is 2. The van der Waals surface area contributed by atoms with E-state index >= 15 is 0 Å². The number of carbonyl (C=O) groups excluding carboxylic acids is 3. The van der Waals surface area contributed by atoms with Crippen molar-refractivity contribution < 1.29 is 36.4 Å². The molecule has 0 bridgehead atoms. The van der Waals surface area contributed by atoms with E-state index in [9.17, 15) is 37.2 Å². The number of nitrogens with one attached hydrogen (secondary N) is 2. The van der Waals surface area contributed by atoms with Gasteiger partial charge in [0.2, 0.25) is 5.91 Å². The van der Waals surface area contributed by atoms with E-state index < -0.39 is 33.1 Å². The minimum absolute atomic E-state index is 0.102. The monoisotopic (exact) mass is 573 g/mol. The van der Waals surface area contributed by atoms with Crippen LogP contribution in [0.2, 0.25) is 0 Å². The summed E-state index contributed by atoms with van der Waals surface area (Å²) in [5.41, 5.74) is -0.358. The number of hydrogen-bond donors (Lipinski definition) is 2. The summed E-state index contributed by atoms with van der Waals surface area (Å²) in [5, 5.41) is 32.9. The fourth-order valence-corrected chi connectivity index (χ4v) is 3.76. The molecule has 0 aliphatic rings. The number of halogens is 1. The molecule has 2 aromatic rings. The Balaban J connectivity index is 2.20. The average Bonchev–Trinajstić information content (AvgIpc) is 2.86. The maximum atomic E-state index is 13.4. The van der Waals surface area contributed by atoms with Gasteiger partial charge in [0.25, 0.3) is 0 Å². The predicted octanol–water partition coefficient (Wildman–Crippen LogP) is 2.94. The van der Waals surface area contributed by atoms with E-state index in [1.54, 1.807) is 30.3 Å². The summed E-state index contributed by atoms with van der Waals surface area (Å²) in [4.78, 5) is 43.7. The number of nitriles is 2. The first-order valence-electron chi connectivity index (χ1n) is 11.4. The summed E-state index contributed by atoms with van der Waals surface area (Å²) in [7, 11) is -5.17. The largest absolute Gasteiger partial charge is 0.383 e. The second-order valence-electron chi connectivity index (χ2n) is 8.01. The van der Waals surface area contributed by atoms with Crippen molar-refractivity contribution in [1.82, 2.24) is 5.32 Å². The first-order chi connectivity index (χ1) is 18.8. The lowest BCUT2D eigenvalue weighted by Crippen LogP contribution is -2.37. The number of carbonyl (C=O) groups is 3. The summed E-state index contributed by atoms with van der Waals surface area (Å²) >= 11 is 0. The Morgan fingerprint density at radius 3 is 2.12 bits per heavy atom. The molecule has 0 aliphatic heterocycles. The van der Waals surface area contributed by atoms with E-state index in [1.807, 2.05) is 0 Å². The van der Waals surface area contributed by atoms with E-state index in [1.165, 1.54) is 13.0 Å². The van der Waals surface area contributed by atoms with Crippen LogP contribution < -0.4 is 15.9 Å². The Morgan fingerprint density at radius 1 is 1.05 bits per heavy atom. The van der Waals surface area contributed by atoms with Gasteiger partial charge in [-0.1, -0.05) is 12.1 Å². The van der Waals surface area contributed by atoms with E-state index in [2.05, 4.69) is 20.9 Å². The number of hydrogen-bond acceptors (Lipinski definition) is 13. The third-order valence-electron chi connectivity index (χ3n) is 4.82. The Kier molecular flexibility index (Phi) is 11.0. The number of amides is 1. The van der Waals surface area contributed by atoms with Crippen LogP contribution in [0.4, 0.5) is 20.9 Å². The van der Waals surface area contributed by atoms with Crippen molar-refractivity contribution in [2.75, 3.05) is 23.6 Å². The van der Waals surface area contributed by atoms with Crippen molar-refractivity contribution >= 4 is 45.1 Å². The normalized spacial score (nSPS) is 11.6. The molecule has 0 saturated carbocycles. The second kappa shape index (κ2) is 14.2. The van der Waals surface area contributed by atoms with Crippen LogP contribution in [0.15, 0.2) is 51.5 Å². The second-order valence-corrected chi connectivity index (χ2v) is 9.35. The van der Waals surface area contributed by atoms with Gasteiger partial charge in [-0.3, -0.25) is 4.79 Å². The highest BCUT2D eigenvalue weighted by Gasteiger charge is 2.20. The Hall–Kier alpha value is -5.09. The molecule has 1 amide bonds. The van der Waals surface area contributed by atoms with E-state index in [-0.39, 0.29) is 47.9 Å². The Morgan fingerprint density at radius 2 is 1.62 bits per heavy atom. The average molecular weight is 574 g/mol. The maximum absolute atomic E-state index is 13.4. The third kappa shape index (κ3) is 9.34. The molecule has 14 nitrogen and oxygen atoms in total. The van der Waals surface area contributed by atoms with Gasteiger partial charge in [0.05, 0.1) is 29.4 Å². The minimum atomic E-state index is -5.17. The highest BCUT2D eigenvalue weighted by atomic mass is 32.3. The fraction of sp³-hybridized carbons (Fsp3) is 0.292. The van der Waals surface area contributed by atoms with Crippen LogP contribution in [0.25, 0.3) is 0 Å². The topological polar surface area (TPSA) is 203 Å². The van der Waals surface area contributed by atoms with Crippen molar-refractivity contribution in [3.05, 3.63) is 47.5 Å². The van der Waals surface area contributed by atoms with Gasteiger partial charge in [0, 0.05) is 27.3 Å². The minimum Gasteiger partial charge on any atom is -0.383 e. The maximum Gasteiger partial charge on any atom is 0.333 e. The van der Waals surface area contributed by atoms with Crippen LogP contribution in [0.5, 0.6) is 0 Å². The molecule has 2 N–H and O–H groups in total. The molecule has 40 heavy (non-hydrogen) atoms. The van der Waals surface area contributed by atoms with Crippen LogP contribution in [-0.4, -0.2) is 45.4 Å². The molecule has 2 aromatic carbocycles. The fourth-order valence-electron chi connectivity index (χ4n) is 3.25. The third-order valence-corrected chi connectivity index (χ3v) is 5.62. The van der Waals surface area contributed by atoms with Crippen LogP contribution in [-0.2, 0) is 34.3 Å². The van der Waals surface area contributed by atoms with E-state index in [0.717, 1.165) is 26.0 Å². The molecule has 16 heteroatoms. The predicted molar refractivity (Wildman–Crippen MR) is 137 cm³/mol. The molecule has 2 rings (SSSR count). The van der Waals surface area contributed by atoms with Crippen LogP contribution in [0.3, 0.4) is 0 Å². The number of anilines is 2. The van der Waals surface area contributed by atoms with Crippen molar-refractivity contribution in [2.24, 2.45) is 10.2 Å². The highest BCUT2D eigenvalue weighted by Crippen LogP contribution is 2.29. The molecule has 0 fully saturated rings. The molecule has 0 radical (unpaired) electrons. The molecule has 210 valence electrons. The number of rotatable bonds is 12. The first-order valence-corrected chi connectivity index (χ1v) is 12.8. The Bertz CT molecular complexity index is 1450. The van der Waals surface area contributed by atoms with Crippen molar-refractivity contribution in [3.63, 3.8) is 0 Å². The van der Waals surface area contributed by atoms with Gasteiger partial charge in [0.1, 0.15) is 28.4 Å². The number of azo groups is 1. The molecule has 1 atom stereocenters. The number of para-hydroxylation sites is 2. The molecular weight excluding hydrogens is 549 g/mol. The number of nitrogens with zero attached hydrogens (tertiary/aromatic N) is 5. The summed E-state index contributed by atoms with van der Waals surface area (Å²) in [5.74, 6) is -1.83. The first kappa shape index (κ1) is 31.1. The van der Waals surface area contributed by atoms with Gasteiger partial charge in [0.15, 0.2) is 0 Å². The van der Waals surface area contributed by atoms with Gasteiger partial charge in [-0.15, -0.1) is 3.89 Å². The van der Waals surface area contributed by atoms with Crippen LogP contribution in [0, 0.1) is 22.7 Å². The SMILES string of the molecule is CC(=O)NC(CCNc1ccccc1N(OC(C)=O)OC(C)=O)CN=Nc1c(C#N)cc(S(=O)(=O)F)cc1C#N. The summed E-state index contributed by atoms with van der Waals surface area (Å²) < 4.78 is 35.8. The lowest BCUT2D eigenvalue weighted by molar-refractivity contribution is -0.171. The quantitative estimate of drug-likeness (QED) is 0.214. The smallest absolute Gasteiger partial charge is 0.333 e. The summed E-state index contributed by atoms with van der Waals surface area (Å²) in [6.45, 7) is 3.70. The molecule has 0 saturated heterocycles. The highest BCUT2D eigenvalue weighted by molar-refractivity contribution is 7.86. The van der Waals surface area contributed by atoms with Gasteiger partial charge >= 0.3 is 22.2 Å². The summed E-state index contributed by atoms with van der Waals surface area (Å²) in [6, 6.07) is 10.7. The van der Waals surface area contributed by atoms with Crippen LogP contribution >= 0.6 is 0 Å². The van der Waals surface area contributed by atoms with Crippen LogP contribution in [0.1, 0.15) is 38.3 Å². The lowest BCUT2D eigenvalue weighted by atomic mass is 10.1. The van der Waals surface area contributed by atoms with Crippen molar-refractivity contribution in [1.29, 1.82) is 10.5 Å². The molecule has 0 heterocycles. The zero-order valence-corrected chi connectivity index (χ0v) is 22.4. The molecule has 0 aliphatic carbocycles. The van der Waals surface area contributed by atoms with Gasteiger partial charge in [-0.05, 0) is 35.9 Å². The van der Waals surface area contributed by atoms with Gasteiger partial charge in [-0.2, -0.15) is 29.2 Å². The van der Waals surface area contributed by atoms with E-state index in [4.69, 9.17) is 9.68 Å². The van der Waals surface area contributed by atoms with Gasteiger partial charge < -0.3 is 20.3 Å². The molecule has 0 aromatic heterocycles. The van der Waals surface area contributed by atoms with Crippen molar-refractivity contribution in [3.8, 4) is 12.1 Å². The standard InChI is InChI=1S/C24H24FN7O7S/c1-15(33)30-20(14-29-31-24-18(12-26)10-21(40(25,36)37)11-19(24)13-27)8-9-28-22-6-4-5-7-23(22)32(38-16(2)34)39-17(3)35/h4-7,10-11,20,28H,8-9,14H2,1-3H3,(H,30,33). The molecule has 1 unspecified atom stereocenters. The molecule has 0 spiro atoms. The lowest BCUT2D eigenvalue weighted by Gasteiger charge is -2.23. The Labute approximate surface area is 229 Å². The van der Waals surface area contributed by atoms with Gasteiger partial charge in [-0.25, -0.2) is 9.59 Å². The zero-order valence-electron chi connectivity index (χ0n) is 21.5. The summed E-state index contributed by atoms with van der Waals surface area (Å²) in [6.07, 6.45) is 0.281. The zero-order chi connectivity index (χ0) is 29.9. The molecular formula is C24H24FN7O7S.